The van der Waals surface area contributed by atoms with Crippen LogP contribution in [0.4, 0.5) is 0 Å². The molecule has 1 N–H and O–H groups in total. The molecule has 4 heteroatoms. The van der Waals surface area contributed by atoms with Crippen LogP contribution in [0.15, 0.2) is 24.4 Å². The molecule has 80 valence electrons. The average Bonchev–Trinajstić information content (AvgIpc) is 2.57. The minimum absolute atomic E-state index is 1.02. The Balaban J connectivity index is 2.31. The first-order valence-electron chi connectivity index (χ1n) is 5.00. The SMILES string of the molecule is Cc1ccc2[nH]cc(CCN(P)P)c2c1. The van der Waals surface area contributed by atoms with Gasteiger partial charge < -0.3 is 4.98 Å². The van der Waals surface area contributed by atoms with Gasteiger partial charge in [-0.3, -0.25) is 4.44 Å². The van der Waals surface area contributed by atoms with Gasteiger partial charge in [0.25, 0.3) is 0 Å². The van der Waals surface area contributed by atoms with E-state index < -0.39 is 0 Å². The lowest BCUT2D eigenvalue weighted by Gasteiger charge is -2.07. The Hall–Kier alpha value is -0.420. The first kappa shape index (κ1) is 11.1. The Kier molecular flexibility index (Phi) is 3.41. The first-order valence-corrected chi connectivity index (χ1v) is 6.03. The van der Waals surface area contributed by atoms with Gasteiger partial charge >= 0.3 is 0 Å². The van der Waals surface area contributed by atoms with Crippen molar-refractivity contribution in [2.45, 2.75) is 13.3 Å². The number of nitrogens with zero attached hydrogens (tertiary/aromatic N) is 1. The molecule has 0 saturated heterocycles. The smallest absolute Gasteiger partial charge is 0.0456 e. The second-order valence-electron chi connectivity index (χ2n) is 3.85. The van der Waals surface area contributed by atoms with Crippen LogP contribution in [0.5, 0.6) is 0 Å². The summed E-state index contributed by atoms with van der Waals surface area (Å²) in [6, 6.07) is 6.53. The Morgan fingerprint density at radius 1 is 1.33 bits per heavy atom. The predicted octanol–water partition coefficient (Wildman–Crippen LogP) is 2.90. The predicted molar refractivity (Wildman–Crippen MR) is 72.9 cm³/mol. The molecule has 0 fully saturated rings. The molecule has 1 heterocycles. The molecule has 0 aliphatic rings. The maximum Gasteiger partial charge on any atom is 0.0456 e. The van der Waals surface area contributed by atoms with Crippen LogP contribution in [0, 0.1) is 6.92 Å². The van der Waals surface area contributed by atoms with E-state index in [4.69, 9.17) is 0 Å². The van der Waals surface area contributed by atoms with Crippen molar-refractivity contribution in [1.29, 1.82) is 0 Å². The average molecular weight is 238 g/mol. The highest BCUT2D eigenvalue weighted by atomic mass is 31.1. The van der Waals surface area contributed by atoms with E-state index >= 15 is 0 Å². The third-order valence-corrected chi connectivity index (χ3v) is 3.08. The zero-order chi connectivity index (χ0) is 10.8. The topological polar surface area (TPSA) is 19.0 Å². The zero-order valence-corrected chi connectivity index (χ0v) is 11.1. The van der Waals surface area contributed by atoms with Crippen LogP contribution < -0.4 is 0 Å². The van der Waals surface area contributed by atoms with Crippen LogP contribution in [0.1, 0.15) is 11.1 Å². The largest absolute Gasteiger partial charge is 0.361 e. The van der Waals surface area contributed by atoms with Gasteiger partial charge in [0.05, 0.1) is 0 Å². The van der Waals surface area contributed by atoms with Crippen molar-refractivity contribution in [2.75, 3.05) is 6.54 Å². The highest BCUT2D eigenvalue weighted by Gasteiger charge is 2.03. The van der Waals surface area contributed by atoms with Crippen molar-refractivity contribution in [3.05, 3.63) is 35.5 Å². The Labute approximate surface area is 94.9 Å². The molecule has 1 aromatic heterocycles. The number of aromatic amines is 1. The summed E-state index contributed by atoms with van der Waals surface area (Å²) in [4.78, 5) is 3.31. The lowest BCUT2D eigenvalue weighted by molar-refractivity contribution is 0.728. The summed E-state index contributed by atoms with van der Waals surface area (Å²) in [5.41, 5.74) is 3.94. The molecular formula is C11H16N2P2. The molecule has 0 bridgehead atoms. The summed E-state index contributed by atoms with van der Waals surface area (Å²) in [6.07, 6.45) is 3.18. The van der Waals surface area contributed by atoms with Crippen molar-refractivity contribution < 1.29 is 0 Å². The summed E-state index contributed by atoms with van der Waals surface area (Å²) in [7, 11) is 5.31. The second kappa shape index (κ2) is 4.61. The minimum atomic E-state index is 1.02. The van der Waals surface area contributed by atoms with Crippen molar-refractivity contribution in [1.82, 2.24) is 9.42 Å². The van der Waals surface area contributed by atoms with Gasteiger partial charge in [0.15, 0.2) is 0 Å². The molecule has 0 saturated carbocycles. The van der Waals surface area contributed by atoms with Crippen LogP contribution in [0.25, 0.3) is 10.9 Å². The van der Waals surface area contributed by atoms with E-state index in [1.807, 2.05) is 0 Å². The lowest BCUT2D eigenvalue weighted by Crippen LogP contribution is -2.01. The fraction of sp³-hybridized carbons (Fsp3) is 0.273. The zero-order valence-electron chi connectivity index (χ0n) is 8.83. The van der Waals surface area contributed by atoms with Crippen LogP contribution in [-0.2, 0) is 6.42 Å². The molecule has 0 radical (unpaired) electrons. The molecule has 0 spiro atoms. The maximum absolute atomic E-state index is 3.31. The first-order chi connectivity index (χ1) is 7.16. The van der Waals surface area contributed by atoms with E-state index in [0.717, 1.165) is 13.0 Å². The highest BCUT2D eigenvalue weighted by Crippen LogP contribution is 2.21. The van der Waals surface area contributed by atoms with Crippen LogP contribution in [0.3, 0.4) is 0 Å². The minimum Gasteiger partial charge on any atom is -0.361 e. The number of nitrogens with one attached hydrogen (secondary N) is 1. The van der Waals surface area contributed by atoms with Gasteiger partial charge in [0.1, 0.15) is 0 Å². The molecule has 0 amide bonds. The third-order valence-electron chi connectivity index (χ3n) is 2.56. The molecule has 0 aliphatic heterocycles. The molecule has 2 atom stereocenters. The maximum atomic E-state index is 3.31. The van der Waals surface area contributed by atoms with Crippen LogP contribution >= 0.6 is 18.8 Å². The number of rotatable bonds is 3. The number of fused-ring (bicyclic) bond motifs is 1. The number of benzene rings is 1. The van der Waals surface area contributed by atoms with Gasteiger partial charge in [0, 0.05) is 23.6 Å². The van der Waals surface area contributed by atoms with Gasteiger partial charge in [0.2, 0.25) is 0 Å². The molecule has 2 aromatic rings. The standard InChI is InChI=1S/C11H16N2P2/c1-8-2-3-11-10(6-8)9(7-12-11)4-5-13(14)15/h2-3,6-7,12H,4-5,14-15H2,1H3. The Bertz CT molecular complexity index is 463. The summed E-state index contributed by atoms with van der Waals surface area (Å²) in [5, 5.41) is 1.35. The lowest BCUT2D eigenvalue weighted by atomic mass is 10.1. The Morgan fingerprint density at radius 3 is 2.87 bits per heavy atom. The monoisotopic (exact) mass is 238 g/mol. The fourth-order valence-electron chi connectivity index (χ4n) is 1.75. The summed E-state index contributed by atoms with van der Waals surface area (Å²) < 4.78 is 2.05. The van der Waals surface area contributed by atoms with E-state index in [2.05, 4.69) is 59.5 Å². The van der Waals surface area contributed by atoms with E-state index in [0.29, 0.717) is 0 Å². The molecule has 2 unspecified atom stereocenters. The van der Waals surface area contributed by atoms with Crippen LogP contribution in [0.2, 0.25) is 0 Å². The quantitative estimate of drug-likeness (QED) is 0.814. The molecule has 15 heavy (non-hydrogen) atoms. The fourth-order valence-corrected chi connectivity index (χ4v) is 2.01. The molecular weight excluding hydrogens is 222 g/mol. The van der Waals surface area contributed by atoms with Crippen molar-refractivity contribution in [3.63, 3.8) is 0 Å². The number of hydrogen-bond acceptors (Lipinski definition) is 1. The molecule has 0 aliphatic carbocycles. The van der Waals surface area contributed by atoms with Gasteiger partial charge in [-0.05, 0) is 31.0 Å². The summed E-state index contributed by atoms with van der Waals surface area (Å²) in [5.74, 6) is 0. The van der Waals surface area contributed by atoms with E-state index in [9.17, 15) is 0 Å². The molecule has 2 rings (SSSR count). The number of hydrogen-bond donors (Lipinski definition) is 1. The third kappa shape index (κ3) is 2.58. The molecule has 2 nitrogen and oxygen atoms in total. The van der Waals surface area contributed by atoms with Gasteiger partial charge in [-0.2, -0.15) is 0 Å². The van der Waals surface area contributed by atoms with Crippen molar-refractivity contribution in [3.8, 4) is 0 Å². The normalized spacial score (nSPS) is 11.5. The van der Waals surface area contributed by atoms with Gasteiger partial charge in [-0.25, -0.2) is 0 Å². The summed E-state index contributed by atoms with van der Waals surface area (Å²) in [6.45, 7) is 3.16. The van der Waals surface area contributed by atoms with Crippen molar-refractivity contribution in [2.24, 2.45) is 0 Å². The van der Waals surface area contributed by atoms with Gasteiger partial charge in [-0.15, -0.1) is 0 Å². The number of aromatic nitrogens is 1. The van der Waals surface area contributed by atoms with Crippen LogP contribution in [-0.4, -0.2) is 16.0 Å². The van der Waals surface area contributed by atoms with Gasteiger partial charge in [-0.1, -0.05) is 30.4 Å². The molecule has 1 aromatic carbocycles. The van der Waals surface area contributed by atoms with E-state index in [1.165, 1.54) is 22.0 Å². The summed E-state index contributed by atoms with van der Waals surface area (Å²) >= 11 is 0. The van der Waals surface area contributed by atoms with E-state index in [1.54, 1.807) is 0 Å². The number of H-pyrrole nitrogens is 1. The number of aryl methyl sites for hydroxylation is 1. The van der Waals surface area contributed by atoms with Crippen molar-refractivity contribution >= 4 is 29.7 Å². The van der Waals surface area contributed by atoms with E-state index in [-0.39, 0.29) is 0 Å². The second-order valence-corrected chi connectivity index (χ2v) is 5.77. The Morgan fingerprint density at radius 2 is 2.13 bits per heavy atom. The highest BCUT2D eigenvalue weighted by molar-refractivity contribution is 7.30.